The number of methoxy groups -OCH3 is 1. The number of piperidine rings is 1. The highest BCUT2D eigenvalue weighted by Gasteiger charge is 2.49. The molecule has 0 aliphatic carbocycles. The molecule has 4 aromatic rings. The first-order chi connectivity index (χ1) is 33.5. The van der Waals surface area contributed by atoms with E-state index in [1.807, 2.05) is 43.9 Å². The van der Waals surface area contributed by atoms with E-state index in [2.05, 4.69) is 59.6 Å². The Hall–Kier alpha value is -5.84. The smallest absolute Gasteiger partial charge is 0.324 e. The summed E-state index contributed by atoms with van der Waals surface area (Å²) in [5.41, 5.74) is 9.64. The van der Waals surface area contributed by atoms with Crippen molar-refractivity contribution in [1.29, 1.82) is 0 Å². The molecule has 374 valence electrons. The van der Waals surface area contributed by atoms with Gasteiger partial charge in [0.2, 0.25) is 17.7 Å². The molecule has 9 rings (SSSR count). The third kappa shape index (κ3) is 9.66. The number of phenolic OH excluding ortho intramolecular Hbond substituents is 1. The second kappa shape index (κ2) is 19.7. The van der Waals surface area contributed by atoms with E-state index in [0.29, 0.717) is 50.8 Å². The lowest BCUT2D eigenvalue weighted by molar-refractivity contribution is -0.155. The van der Waals surface area contributed by atoms with Gasteiger partial charge in [-0.05, 0) is 123 Å². The Morgan fingerprint density at radius 3 is 2.46 bits per heavy atom. The van der Waals surface area contributed by atoms with Gasteiger partial charge in [0.1, 0.15) is 23.9 Å². The summed E-state index contributed by atoms with van der Waals surface area (Å²) >= 11 is 0. The Balaban J connectivity index is 1.07. The number of phenols is 1. The van der Waals surface area contributed by atoms with Crippen molar-refractivity contribution in [3.63, 3.8) is 0 Å². The van der Waals surface area contributed by atoms with Crippen LogP contribution in [0.3, 0.4) is 0 Å². The first-order valence-electron chi connectivity index (χ1n) is 25.3. The van der Waals surface area contributed by atoms with Crippen LogP contribution >= 0.6 is 0 Å². The number of rotatable bonds is 10. The number of aromatic nitrogens is 2. The fraction of sp³-hybridized carbons (Fsp3) is 0.556. The van der Waals surface area contributed by atoms with Crippen LogP contribution in [0.5, 0.6) is 5.75 Å². The van der Waals surface area contributed by atoms with E-state index in [1.54, 1.807) is 32.5 Å². The Kier molecular flexibility index (Phi) is 13.9. The van der Waals surface area contributed by atoms with Gasteiger partial charge in [-0.15, -0.1) is 0 Å². The Bertz CT molecular complexity index is 2660. The van der Waals surface area contributed by atoms with Gasteiger partial charge < -0.3 is 39.6 Å². The molecule has 2 aromatic carbocycles. The number of carbonyl (C=O) groups is 5. The zero-order valence-corrected chi connectivity index (χ0v) is 41.9. The molecule has 16 nitrogen and oxygen atoms in total. The average Bonchev–Trinajstić information content (AvgIpc) is 4.11. The molecule has 8 bridgehead atoms. The Labute approximate surface area is 410 Å². The normalized spacial score (nSPS) is 25.3. The summed E-state index contributed by atoms with van der Waals surface area (Å²) < 4.78 is 14.3. The van der Waals surface area contributed by atoms with Crippen molar-refractivity contribution in [2.24, 2.45) is 17.3 Å². The number of aromatic hydroxyl groups is 1. The standard InChI is InChI=1S/C54H70N8O8/c1-9-60-45-17-14-33-26-40(45)41(48(60)39-12-10-18-55-46(39)31(4)69-8)27-54(5,6)29-70-53(68)42-13-11-19-61(58-42)51(66)43(22-32-20-34(33)25-38(63)21-32)57-49(64)47(30(2)3)59(7)50(65)35-23-36-15-16-37(24-35)62(36)52(67)44-28-56-44/h10,12,14,17-18,20-21,25-26,30-31,35-37,42-44,47,56,58,63H,9,11,13,15-16,19,22-24,27-29H2,1-8H3,(H,57,64)/t31-,35-,36+,37-,42-,43-,44+,47-/m0/s1. The third-order valence-corrected chi connectivity index (χ3v) is 15.4. The first-order valence-corrected chi connectivity index (χ1v) is 25.3. The summed E-state index contributed by atoms with van der Waals surface area (Å²) in [5.74, 6) is -2.10. The molecule has 4 saturated heterocycles. The van der Waals surface area contributed by atoms with Gasteiger partial charge in [0, 0.05) is 86.3 Å². The van der Waals surface area contributed by atoms with Gasteiger partial charge in [0.25, 0.3) is 5.91 Å². The number of likely N-dealkylation sites (N-methyl/N-ethyl adjacent to an activating group) is 1. The second-order valence-electron chi connectivity index (χ2n) is 21.4. The van der Waals surface area contributed by atoms with Crippen molar-refractivity contribution in [3.8, 4) is 28.1 Å². The second-order valence-corrected chi connectivity index (χ2v) is 21.4. The molecule has 4 N–H and O–H groups in total. The molecule has 0 saturated carbocycles. The van der Waals surface area contributed by atoms with Crippen LogP contribution < -0.4 is 16.1 Å². The number of pyridine rings is 1. The van der Waals surface area contributed by atoms with Gasteiger partial charge in [0.15, 0.2) is 0 Å². The van der Waals surface area contributed by atoms with Crippen LogP contribution in [-0.2, 0) is 52.8 Å². The molecule has 4 fully saturated rings. The van der Waals surface area contributed by atoms with Gasteiger partial charge in [-0.1, -0.05) is 39.8 Å². The predicted octanol–water partition coefficient (Wildman–Crippen LogP) is 5.68. The summed E-state index contributed by atoms with van der Waals surface area (Å²) in [4.78, 5) is 79.4. The topological polar surface area (TPSA) is 198 Å². The van der Waals surface area contributed by atoms with Crippen LogP contribution in [-0.4, -0.2) is 129 Å². The molecule has 0 spiro atoms. The minimum Gasteiger partial charge on any atom is -0.508 e. The average molecular weight is 959 g/mol. The lowest BCUT2D eigenvalue weighted by Crippen LogP contribution is -2.62. The van der Waals surface area contributed by atoms with E-state index in [1.165, 1.54) is 9.91 Å². The summed E-state index contributed by atoms with van der Waals surface area (Å²) in [5, 5.41) is 20.0. The minimum absolute atomic E-state index is 0.000609. The van der Waals surface area contributed by atoms with Crippen molar-refractivity contribution in [1.82, 2.24) is 40.4 Å². The zero-order valence-electron chi connectivity index (χ0n) is 41.9. The molecular weight excluding hydrogens is 889 g/mol. The number of amides is 4. The number of benzene rings is 2. The van der Waals surface area contributed by atoms with Crippen LogP contribution in [0.15, 0.2) is 54.7 Å². The van der Waals surface area contributed by atoms with Gasteiger partial charge in [-0.25, -0.2) is 5.43 Å². The molecule has 8 atom stereocenters. The molecule has 7 heterocycles. The predicted molar refractivity (Wildman–Crippen MR) is 265 cm³/mol. The fourth-order valence-electron chi connectivity index (χ4n) is 11.8. The monoisotopic (exact) mass is 959 g/mol. The number of hydrogen-bond acceptors (Lipinski definition) is 11. The number of hydrogen-bond donors (Lipinski definition) is 4. The number of aryl methyl sites for hydroxylation is 1. The number of cyclic esters (lactones) is 1. The van der Waals surface area contributed by atoms with Crippen molar-refractivity contribution >= 4 is 40.5 Å². The highest BCUT2D eigenvalue weighted by atomic mass is 16.5. The molecule has 2 aromatic heterocycles. The summed E-state index contributed by atoms with van der Waals surface area (Å²) in [6, 6.07) is 12.5. The molecule has 70 heavy (non-hydrogen) atoms. The van der Waals surface area contributed by atoms with Crippen molar-refractivity contribution < 1.29 is 38.6 Å². The van der Waals surface area contributed by atoms with E-state index in [0.717, 1.165) is 57.4 Å². The van der Waals surface area contributed by atoms with Crippen molar-refractivity contribution in [3.05, 3.63) is 71.5 Å². The maximum Gasteiger partial charge on any atom is 0.324 e. The number of fused-ring (bicyclic) bond motifs is 8. The van der Waals surface area contributed by atoms with Crippen LogP contribution in [0.2, 0.25) is 0 Å². The summed E-state index contributed by atoms with van der Waals surface area (Å²) in [6.45, 7) is 13.8. The number of carbonyl (C=O) groups excluding carboxylic acids is 5. The van der Waals surface area contributed by atoms with Crippen LogP contribution in [0.4, 0.5) is 0 Å². The van der Waals surface area contributed by atoms with E-state index in [4.69, 9.17) is 14.5 Å². The summed E-state index contributed by atoms with van der Waals surface area (Å²) in [7, 11) is 3.34. The van der Waals surface area contributed by atoms with Crippen LogP contribution in [0.25, 0.3) is 33.3 Å². The van der Waals surface area contributed by atoms with E-state index >= 15 is 0 Å². The molecule has 16 heteroatoms. The van der Waals surface area contributed by atoms with E-state index < -0.39 is 41.3 Å². The zero-order chi connectivity index (χ0) is 49.8. The molecule has 0 radical (unpaired) electrons. The number of hydrazine groups is 1. The maximum atomic E-state index is 14.8. The van der Waals surface area contributed by atoms with Gasteiger partial charge in [-0.2, -0.15) is 0 Å². The fourth-order valence-corrected chi connectivity index (χ4v) is 11.8. The highest BCUT2D eigenvalue weighted by molar-refractivity contribution is 5.96. The Morgan fingerprint density at radius 1 is 1.03 bits per heavy atom. The lowest BCUT2D eigenvalue weighted by atomic mass is 9.84. The molecule has 4 amide bonds. The number of nitrogens with zero attached hydrogens (tertiary/aromatic N) is 5. The van der Waals surface area contributed by atoms with E-state index in [-0.39, 0.29) is 73.2 Å². The first kappa shape index (κ1) is 49.2. The Morgan fingerprint density at radius 2 is 1.77 bits per heavy atom. The maximum absolute atomic E-state index is 14.8. The van der Waals surface area contributed by atoms with Crippen LogP contribution in [0.1, 0.15) is 103 Å². The molecule has 0 unspecified atom stereocenters. The molecule has 5 aliphatic heterocycles. The van der Waals surface area contributed by atoms with Gasteiger partial charge in [-0.3, -0.25) is 34.0 Å². The molecule has 5 aliphatic rings. The number of nitrogens with one attached hydrogen (secondary N) is 3. The lowest BCUT2D eigenvalue weighted by Gasteiger charge is -2.41. The minimum atomic E-state index is -1.15. The summed E-state index contributed by atoms with van der Waals surface area (Å²) in [6.07, 6.45) is 5.83. The van der Waals surface area contributed by atoms with Gasteiger partial charge >= 0.3 is 5.97 Å². The highest BCUT2D eigenvalue weighted by Crippen LogP contribution is 2.43. The van der Waals surface area contributed by atoms with Crippen molar-refractivity contribution in [2.75, 3.05) is 33.9 Å². The number of esters is 1. The molecular formula is C54H70N8O8. The SMILES string of the molecule is CCn1c(-c2cccnc2[C@H](C)OC)c2c3cc(ccc31)-c1cc(O)cc(c1)C[C@H](NC(=O)[C@H](C(C)C)N(C)C(=O)[C@H]1C[C@H]3CC[C@@H](C1)N3C(=O)[C@H]1CN1)C(=O)N1CCC[C@H](N1)C(=O)OCC(C)(C)C2. The number of ether oxygens (including phenoxy) is 2. The van der Waals surface area contributed by atoms with Crippen LogP contribution in [0, 0.1) is 17.3 Å². The third-order valence-electron chi connectivity index (χ3n) is 15.4. The van der Waals surface area contributed by atoms with E-state index in [9.17, 15) is 29.1 Å². The van der Waals surface area contributed by atoms with Gasteiger partial charge in [0.05, 0.1) is 30.1 Å². The quantitative estimate of drug-likeness (QED) is 0.113. The van der Waals surface area contributed by atoms with Crippen molar-refractivity contribution in [2.45, 2.75) is 142 Å². The largest absolute Gasteiger partial charge is 0.508 e.